The molecule has 1 aliphatic heterocycles. The number of rotatable bonds is 3. The Labute approximate surface area is 121 Å². The molecule has 1 atom stereocenters. The van der Waals surface area contributed by atoms with Gasteiger partial charge in [-0.25, -0.2) is 0 Å². The summed E-state index contributed by atoms with van der Waals surface area (Å²) >= 11 is 1.12. The number of benzene rings is 1. The van der Waals surface area contributed by atoms with Gasteiger partial charge in [-0.3, -0.25) is 0 Å². The summed E-state index contributed by atoms with van der Waals surface area (Å²) in [4.78, 5) is 0.263. The summed E-state index contributed by atoms with van der Waals surface area (Å²) in [5, 5.41) is 3.28. The zero-order chi connectivity index (χ0) is 14.8. The van der Waals surface area contributed by atoms with Crippen molar-refractivity contribution in [2.45, 2.75) is 29.8 Å². The highest BCUT2D eigenvalue weighted by Gasteiger charge is 2.35. The van der Waals surface area contributed by atoms with Crippen LogP contribution in [0, 0.1) is 0 Å². The molecule has 1 heterocycles. The molecule has 6 heteroatoms. The lowest BCUT2D eigenvalue weighted by Gasteiger charge is -2.26. The van der Waals surface area contributed by atoms with E-state index in [4.69, 9.17) is 4.74 Å². The van der Waals surface area contributed by atoms with Gasteiger partial charge in [0, 0.05) is 17.4 Å². The van der Waals surface area contributed by atoms with Crippen LogP contribution in [0.3, 0.4) is 0 Å². The summed E-state index contributed by atoms with van der Waals surface area (Å²) in [7, 11) is 1.42. The second-order valence-corrected chi connectivity index (χ2v) is 5.68. The minimum atomic E-state index is -4.35. The molecular weight excluding hydrogens is 287 g/mol. The van der Waals surface area contributed by atoms with E-state index in [-0.39, 0.29) is 10.8 Å². The molecule has 1 aliphatic rings. The molecule has 1 N–H and O–H groups in total. The van der Waals surface area contributed by atoms with E-state index in [0.717, 1.165) is 49.3 Å². The van der Waals surface area contributed by atoms with E-state index in [2.05, 4.69) is 5.32 Å². The quantitative estimate of drug-likeness (QED) is 0.856. The van der Waals surface area contributed by atoms with Crippen LogP contribution in [-0.4, -0.2) is 26.5 Å². The van der Waals surface area contributed by atoms with Crippen molar-refractivity contribution in [1.29, 1.82) is 0 Å². The van der Waals surface area contributed by atoms with Gasteiger partial charge in [0.05, 0.1) is 12.7 Å². The molecule has 1 unspecified atom stereocenters. The molecule has 0 spiro atoms. The number of ether oxygens (including phenoxy) is 1. The molecule has 0 amide bonds. The fraction of sp³-hybridized carbons (Fsp3) is 0.571. The first-order valence-electron chi connectivity index (χ1n) is 6.51. The van der Waals surface area contributed by atoms with E-state index in [9.17, 15) is 13.2 Å². The van der Waals surface area contributed by atoms with Crippen molar-refractivity contribution in [2.75, 3.05) is 26.5 Å². The Morgan fingerprint density at radius 1 is 1.35 bits per heavy atom. The number of hydrogen-bond acceptors (Lipinski definition) is 3. The number of alkyl halides is 3. The lowest BCUT2D eigenvalue weighted by Crippen LogP contribution is -2.28. The topological polar surface area (TPSA) is 21.3 Å². The smallest absolute Gasteiger partial charge is 0.417 e. The molecule has 0 aromatic heterocycles. The van der Waals surface area contributed by atoms with Crippen LogP contribution in [-0.2, 0) is 6.18 Å². The minimum absolute atomic E-state index is 0.215. The van der Waals surface area contributed by atoms with E-state index >= 15 is 0 Å². The molecule has 112 valence electrons. The van der Waals surface area contributed by atoms with Crippen molar-refractivity contribution in [3.05, 3.63) is 23.3 Å². The van der Waals surface area contributed by atoms with Crippen LogP contribution < -0.4 is 10.1 Å². The van der Waals surface area contributed by atoms with Crippen molar-refractivity contribution in [3.63, 3.8) is 0 Å². The summed E-state index contributed by atoms with van der Waals surface area (Å²) in [6.45, 7) is 1.75. The van der Waals surface area contributed by atoms with Crippen LogP contribution in [0.15, 0.2) is 17.0 Å². The SMILES string of the molecule is COc1cc(C(F)(F)F)c(SC)cc1C1CCCNC1. The molecule has 0 bridgehead atoms. The Hall–Kier alpha value is -0.880. The Morgan fingerprint density at radius 2 is 2.10 bits per heavy atom. The predicted molar refractivity (Wildman–Crippen MR) is 74.6 cm³/mol. The van der Waals surface area contributed by atoms with Gasteiger partial charge in [0.15, 0.2) is 0 Å². The van der Waals surface area contributed by atoms with E-state index in [1.165, 1.54) is 7.11 Å². The molecule has 1 saturated heterocycles. The number of hydrogen-bond donors (Lipinski definition) is 1. The fourth-order valence-electron chi connectivity index (χ4n) is 2.58. The second-order valence-electron chi connectivity index (χ2n) is 4.84. The first-order valence-corrected chi connectivity index (χ1v) is 7.73. The van der Waals surface area contributed by atoms with E-state index in [0.29, 0.717) is 5.75 Å². The third kappa shape index (κ3) is 3.23. The Bertz CT molecular complexity index is 470. The van der Waals surface area contributed by atoms with Gasteiger partial charge in [-0.05, 0) is 43.3 Å². The van der Waals surface area contributed by atoms with Crippen LogP contribution in [0.4, 0.5) is 13.2 Å². The maximum absolute atomic E-state index is 13.0. The number of thioether (sulfide) groups is 1. The van der Waals surface area contributed by atoms with Crippen molar-refractivity contribution < 1.29 is 17.9 Å². The van der Waals surface area contributed by atoms with Gasteiger partial charge in [0.1, 0.15) is 5.75 Å². The Morgan fingerprint density at radius 3 is 2.60 bits per heavy atom. The largest absolute Gasteiger partial charge is 0.496 e. The van der Waals surface area contributed by atoms with Gasteiger partial charge in [-0.2, -0.15) is 13.2 Å². The third-order valence-electron chi connectivity index (χ3n) is 3.59. The van der Waals surface area contributed by atoms with Crippen LogP contribution in [0.2, 0.25) is 0 Å². The fourth-order valence-corrected chi connectivity index (χ4v) is 3.22. The predicted octanol–water partition coefficient (Wildman–Crippen LogP) is 3.90. The van der Waals surface area contributed by atoms with Gasteiger partial charge in [0.2, 0.25) is 0 Å². The van der Waals surface area contributed by atoms with Crippen LogP contribution in [0.25, 0.3) is 0 Å². The summed E-state index contributed by atoms with van der Waals surface area (Å²) in [6.07, 6.45) is -0.680. The van der Waals surface area contributed by atoms with Gasteiger partial charge >= 0.3 is 6.18 Å². The first kappa shape index (κ1) is 15.5. The van der Waals surface area contributed by atoms with Gasteiger partial charge in [-0.1, -0.05) is 0 Å². The standard InChI is InChI=1S/C14H18F3NOS/c1-19-12-7-11(14(15,16)17)13(20-2)6-10(12)9-4-3-5-18-8-9/h6-7,9,18H,3-5,8H2,1-2H3. The molecule has 1 aromatic carbocycles. The molecule has 0 aliphatic carbocycles. The average Bonchev–Trinajstić information content (AvgIpc) is 2.45. The zero-order valence-corrected chi connectivity index (χ0v) is 12.3. The normalized spacial score (nSPS) is 19.9. The third-order valence-corrected chi connectivity index (χ3v) is 4.37. The summed E-state index contributed by atoms with van der Waals surface area (Å²) in [6, 6.07) is 2.78. The Kier molecular flexibility index (Phi) is 4.86. The Balaban J connectivity index is 2.46. The lowest BCUT2D eigenvalue weighted by atomic mass is 9.90. The van der Waals surface area contributed by atoms with Gasteiger partial charge in [-0.15, -0.1) is 11.8 Å². The molecule has 1 aromatic rings. The molecule has 20 heavy (non-hydrogen) atoms. The maximum Gasteiger partial charge on any atom is 0.417 e. The minimum Gasteiger partial charge on any atom is -0.496 e. The highest BCUT2D eigenvalue weighted by Crippen LogP contribution is 2.42. The molecule has 0 radical (unpaired) electrons. The molecule has 2 nitrogen and oxygen atoms in total. The number of halogens is 3. The average molecular weight is 305 g/mol. The number of methoxy groups -OCH3 is 1. The van der Waals surface area contributed by atoms with Crippen LogP contribution >= 0.6 is 11.8 Å². The first-order chi connectivity index (χ1) is 9.47. The molecule has 0 saturated carbocycles. The molecule has 1 fully saturated rings. The molecular formula is C14H18F3NOS. The number of nitrogens with one attached hydrogen (secondary N) is 1. The van der Waals surface area contributed by atoms with Gasteiger partial charge in [0.25, 0.3) is 0 Å². The summed E-state index contributed by atoms with van der Waals surface area (Å²) in [5.41, 5.74) is 0.256. The zero-order valence-electron chi connectivity index (χ0n) is 11.5. The van der Waals surface area contributed by atoms with Crippen molar-refractivity contribution in [2.24, 2.45) is 0 Å². The van der Waals surface area contributed by atoms with E-state index < -0.39 is 11.7 Å². The summed E-state index contributed by atoms with van der Waals surface area (Å²) < 4.78 is 44.3. The van der Waals surface area contributed by atoms with Crippen LogP contribution in [0.5, 0.6) is 5.75 Å². The maximum atomic E-state index is 13.0. The highest BCUT2D eigenvalue weighted by molar-refractivity contribution is 7.98. The van der Waals surface area contributed by atoms with Crippen LogP contribution in [0.1, 0.15) is 29.9 Å². The summed E-state index contributed by atoms with van der Waals surface area (Å²) in [5.74, 6) is 0.552. The molecule has 2 rings (SSSR count). The van der Waals surface area contributed by atoms with E-state index in [1.807, 2.05) is 0 Å². The monoisotopic (exact) mass is 305 g/mol. The van der Waals surface area contributed by atoms with E-state index in [1.54, 1.807) is 12.3 Å². The number of piperidine rings is 1. The lowest BCUT2D eigenvalue weighted by molar-refractivity contribution is -0.139. The van der Waals surface area contributed by atoms with Crippen molar-refractivity contribution in [3.8, 4) is 5.75 Å². The second kappa shape index (κ2) is 6.26. The van der Waals surface area contributed by atoms with Crippen molar-refractivity contribution >= 4 is 11.8 Å². The van der Waals surface area contributed by atoms with Gasteiger partial charge < -0.3 is 10.1 Å². The van der Waals surface area contributed by atoms with Crippen molar-refractivity contribution in [1.82, 2.24) is 5.32 Å². The highest BCUT2D eigenvalue weighted by atomic mass is 32.2.